The summed E-state index contributed by atoms with van der Waals surface area (Å²) >= 11 is 0. The van der Waals surface area contributed by atoms with Gasteiger partial charge in [-0.1, -0.05) is 5.92 Å². The average molecular weight is 277 g/mol. The highest BCUT2D eigenvalue weighted by atomic mass is 32.2. The monoisotopic (exact) mass is 277 g/mol. The Labute approximate surface area is 103 Å². The number of sulfone groups is 1. The molecule has 0 aliphatic carbocycles. The Balaban J connectivity index is 2.92. The first kappa shape index (κ1) is 14.4. The molecule has 1 rings (SSSR count). The SMILES string of the molecule is CC#CCNc1ccc(S(=O)(=O)C(F)(F)F)cc1. The minimum Gasteiger partial charge on any atom is -0.374 e. The van der Waals surface area contributed by atoms with E-state index in [4.69, 9.17) is 0 Å². The molecule has 0 atom stereocenters. The highest BCUT2D eigenvalue weighted by molar-refractivity contribution is 7.92. The van der Waals surface area contributed by atoms with Gasteiger partial charge in [0.2, 0.25) is 0 Å². The Morgan fingerprint density at radius 1 is 1.22 bits per heavy atom. The molecule has 18 heavy (non-hydrogen) atoms. The molecule has 0 unspecified atom stereocenters. The second-order valence-electron chi connectivity index (χ2n) is 3.25. The maximum atomic E-state index is 12.2. The summed E-state index contributed by atoms with van der Waals surface area (Å²) in [6.45, 7) is 1.99. The molecule has 98 valence electrons. The lowest BCUT2D eigenvalue weighted by Crippen LogP contribution is -2.23. The summed E-state index contributed by atoms with van der Waals surface area (Å²) in [7, 11) is -5.27. The van der Waals surface area contributed by atoms with Crippen LogP contribution in [0.1, 0.15) is 6.92 Å². The maximum absolute atomic E-state index is 12.2. The van der Waals surface area contributed by atoms with Crippen LogP contribution in [0.4, 0.5) is 18.9 Å². The van der Waals surface area contributed by atoms with Gasteiger partial charge in [0.25, 0.3) is 9.84 Å². The number of benzene rings is 1. The van der Waals surface area contributed by atoms with Gasteiger partial charge in [0.05, 0.1) is 11.4 Å². The Kier molecular flexibility index (Phi) is 4.24. The van der Waals surface area contributed by atoms with E-state index in [0.29, 0.717) is 12.2 Å². The molecular formula is C11H10F3NO2S. The Morgan fingerprint density at radius 3 is 2.22 bits per heavy atom. The minimum atomic E-state index is -5.28. The van der Waals surface area contributed by atoms with Crippen molar-refractivity contribution in [3.8, 4) is 11.8 Å². The molecule has 0 heterocycles. The van der Waals surface area contributed by atoms with Crippen molar-refractivity contribution in [3.05, 3.63) is 24.3 Å². The number of nitrogens with one attached hydrogen (secondary N) is 1. The molecule has 0 aliphatic heterocycles. The predicted molar refractivity (Wildman–Crippen MR) is 61.6 cm³/mol. The first-order valence-electron chi connectivity index (χ1n) is 4.84. The van der Waals surface area contributed by atoms with Gasteiger partial charge in [0.15, 0.2) is 0 Å². The third-order valence-electron chi connectivity index (χ3n) is 2.03. The number of alkyl halides is 3. The second-order valence-corrected chi connectivity index (χ2v) is 5.20. The third-order valence-corrected chi connectivity index (χ3v) is 3.53. The van der Waals surface area contributed by atoms with E-state index < -0.39 is 20.2 Å². The summed E-state index contributed by atoms with van der Waals surface area (Å²) in [5.74, 6) is 5.34. The Bertz CT molecular complexity index is 565. The van der Waals surface area contributed by atoms with Crippen molar-refractivity contribution in [2.45, 2.75) is 17.3 Å². The van der Waals surface area contributed by atoms with Crippen LogP contribution in [-0.4, -0.2) is 20.5 Å². The third kappa shape index (κ3) is 3.17. The Hall–Kier alpha value is -1.68. The van der Waals surface area contributed by atoms with Gasteiger partial charge in [-0.25, -0.2) is 8.42 Å². The summed E-state index contributed by atoms with van der Waals surface area (Å²) in [6, 6.07) is 4.33. The number of rotatable bonds is 3. The fraction of sp³-hybridized carbons (Fsp3) is 0.273. The van der Waals surface area contributed by atoms with Crippen molar-refractivity contribution in [2.75, 3.05) is 11.9 Å². The standard InChI is InChI=1S/C11H10F3NO2S/c1-2-3-8-15-9-4-6-10(7-5-9)18(16,17)11(12,13)14/h4-7,15H,8H2,1H3. The first-order chi connectivity index (χ1) is 8.29. The fourth-order valence-corrected chi connectivity index (χ4v) is 1.88. The van der Waals surface area contributed by atoms with Gasteiger partial charge in [0.1, 0.15) is 0 Å². The van der Waals surface area contributed by atoms with Gasteiger partial charge in [-0.3, -0.25) is 0 Å². The lowest BCUT2D eigenvalue weighted by atomic mass is 10.3. The van der Waals surface area contributed by atoms with Crippen LogP contribution in [0.5, 0.6) is 0 Å². The van der Waals surface area contributed by atoms with Crippen LogP contribution in [-0.2, 0) is 9.84 Å². The van der Waals surface area contributed by atoms with Gasteiger partial charge < -0.3 is 5.32 Å². The van der Waals surface area contributed by atoms with Crippen molar-refractivity contribution < 1.29 is 21.6 Å². The second kappa shape index (κ2) is 5.31. The van der Waals surface area contributed by atoms with Gasteiger partial charge in [-0.2, -0.15) is 13.2 Å². The van der Waals surface area contributed by atoms with Crippen LogP contribution in [0.3, 0.4) is 0 Å². The van der Waals surface area contributed by atoms with Crippen LogP contribution in [0, 0.1) is 11.8 Å². The van der Waals surface area contributed by atoms with Gasteiger partial charge in [0, 0.05) is 5.69 Å². The lowest BCUT2D eigenvalue weighted by molar-refractivity contribution is -0.0436. The summed E-state index contributed by atoms with van der Waals surface area (Å²) in [5.41, 5.74) is -4.78. The van der Waals surface area contributed by atoms with Gasteiger partial charge in [-0.15, -0.1) is 5.92 Å². The smallest absolute Gasteiger partial charge is 0.374 e. The lowest BCUT2D eigenvalue weighted by Gasteiger charge is -2.08. The zero-order chi connectivity index (χ0) is 13.8. The van der Waals surface area contributed by atoms with E-state index in [1.165, 1.54) is 12.1 Å². The summed E-state index contributed by atoms with van der Waals surface area (Å²) < 4.78 is 58.9. The fourth-order valence-electron chi connectivity index (χ4n) is 1.12. The molecule has 7 heteroatoms. The molecule has 0 bridgehead atoms. The highest BCUT2D eigenvalue weighted by Gasteiger charge is 2.46. The number of anilines is 1. The van der Waals surface area contributed by atoms with E-state index in [1.807, 2.05) is 0 Å². The zero-order valence-electron chi connectivity index (χ0n) is 9.38. The van der Waals surface area contributed by atoms with E-state index in [9.17, 15) is 21.6 Å². The van der Waals surface area contributed by atoms with Crippen LogP contribution in [0.15, 0.2) is 29.2 Å². The van der Waals surface area contributed by atoms with E-state index in [0.717, 1.165) is 12.1 Å². The molecule has 0 aromatic heterocycles. The van der Waals surface area contributed by atoms with Crippen molar-refractivity contribution >= 4 is 15.5 Å². The van der Waals surface area contributed by atoms with Gasteiger partial charge >= 0.3 is 5.51 Å². The number of hydrogen-bond acceptors (Lipinski definition) is 3. The van der Waals surface area contributed by atoms with E-state index in [2.05, 4.69) is 17.2 Å². The number of hydrogen-bond donors (Lipinski definition) is 1. The molecular weight excluding hydrogens is 267 g/mol. The van der Waals surface area contributed by atoms with Crippen molar-refractivity contribution in [1.29, 1.82) is 0 Å². The largest absolute Gasteiger partial charge is 0.501 e. The molecule has 3 nitrogen and oxygen atoms in total. The summed E-state index contributed by atoms with van der Waals surface area (Å²) in [4.78, 5) is -0.776. The molecule has 0 saturated carbocycles. The van der Waals surface area contributed by atoms with E-state index in [-0.39, 0.29) is 0 Å². The molecule has 1 N–H and O–H groups in total. The molecule has 1 aromatic carbocycles. The number of halogens is 3. The van der Waals surface area contributed by atoms with Crippen LogP contribution >= 0.6 is 0 Å². The topological polar surface area (TPSA) is 46.2 Å². The van der Waals surface area contributed by atoms with Crippen LogP contribution in [0.25, 0.3) is 0 Å². The molecule has 0 aliphatic rings. The maximum Gasteiger partial charge on any atom is 0.501 e. The van der Waals surface area contributed by atoms with Crippen molar-refractivity contribution in [3.63, 3.8) is 0 Å². The normalized spacial score (nSPS) is 11.6. The van der Waals surface area contributed by atoms with E-state index in [1.54, 1.807) is 6.92 Å². The molecule has 0 saturated heterocycles. The summed E-state index contributed by atoms with van der Waals surface area (Å²) in [6.07, 6.45) is 0. The summed E-state index contributed by atoms with van der Waals surface area (Å²) in [5, 5.41) is 2.81. The molecule has 0 fully saturated rings. The molecule has 1 aromatic rings. The van der Waals surface area contributed by atoms with Gasteiger partial charge in [-0.05, 0) is 31.2 Å². The molecule has 0 radical (unpaired) electrons. The van der Waals surface area contributed by atoms with Crippen molar-refractivity contribution in [1.82, 2.24) is 0 Å². The predicted octanol–water partition coefficient (Wildman–Crippen LogP) is 2.42. The molecule has 0 spiro atoms. The van der Waals surface area contributed by atoms with Crippen LogP contribution in [0.2, 0.25) is 0 Å². The zero-order valence-corrected chi connectivity index (χ0v) is 10.2. The first-order valence-corrected chi connectivity index (χ1v) is 6.32. The van der Waals surface area contributed by atoms with E-state index >= 15 is 0 Å². The highest BCUT2D eigenvalue weighted by Crippen LogP contribution is 2.30. The Morgan fingerprint density at radius 2 is 1.78 bits per heavy atom. The quantitative estimate of drug-likeness (QED) is 0.863. The average Bonchev–Trinajstić information content (AvgIpc) is 2.28. The van der Waals surface area contributed by atoms with Crippen LogP contribution < -0.4 is 5.32 Å². The van der Waals surface area contributed by atoms with Crippen molar-refractivity contribution in [2.24, 2.45) is 0 Å². The minimum absolute atomic E-state index is 0.335. The molecule has 0 amide bonds.